The number of cyclic esters (lactones) is 1. The zero-order valence-electron chi connectivity index (χ0n) is 18.7. The molecule has 34 heavy (non-hydrogen) atoms. The molecule has 0 bridgehead atoms. The van der Waals surface area contributed by atoms with Gasteiger partial charge in [0, 0.05) is 23.5 Å². The monoisotopic (exact) mass is 504 g/mol. The number of alkyl halides is 1. The third kappa shape index (κ3) is 4.71. The van der Waals surface area contributed by atoms with Crippen LogP contribution in [-0.2, 0) is 4.74 Å². The molecule has 2 aromatic heterocycles. The van der Waals surface area contributed by atoms with Crippen molar-refractivity contribution < 1.29 is 13.9 Å². The van der Waals surface area contributed by atoms with Crippen molar-refractivity contribution in [2.45, 2.75) is 39.0 Å². The van der Waals surface area contributed by atoms with Crippen molar-refractivity contribution in [2.75, 3.05) is 22.6 Å². The molecule has 0 spiro atoms. The standard InChI is InChI=1S/C23H23Cl2FN6O2/c1-11-6-19(29-9-15(11)14-7-18(27)17(25)8-16(14)24)13(3)30-22-28-5-4-21(31-22)32-20(12(2)26)10-34-23(32)33/h4-9,12-13,20H,10,27H2,1-3H3,(H,28,30,31)/t12-,13-,20+/m0/s1. The van der Waals surface area contributed by atoms with Crippen molar-refractivity contribution in [3.8, 4) is 11.1 Å². The number of aromatic nitrogens is 3. The second-order valence-corrected chi connectivity index (χ2v) is 8.89. The number of aryl methyl sites for hydroxylation is 1. The van der Waals surface area contributed by atoms with Gasteiger partial charge in [-0.05, 0) is 50.6 Å². The topological polar surface area (TPSA) is 106 Å². The molecule has 0 radical (unpaired) electrons. The Morgan fingerprint density at radius 1 is 1.21 bits per heavy atom. The number of rotatable bonds is 6. The second kappa shape index (κ2) is 9.60. The number of nitrogen functional groups attached to an aromatic ring is 1. The highest BCUT2D eigenvalue weighted by Crippen LogP contribution is 2.36. The zero-order chi connectivity index (χ0) is 24.6. The molecule has 1 fully saturated rings. The van der Waals surface area contributed by atoms with Crippen LogP contribution in [0.5, 0.6) is 0 Å². The summed E-state index contributed by atoms with van der Waals surface area (Å²) in [5.41, 5.74) is 9.63. The molecule has 1 aliphatic heterocycles. The highest BCUT2D eigenvalue weighted by molar-refractivity contribution is 6.38. The summed E-state index contributed by atoms with van der Waals surface area (Å²) in [6.45, 7) is 5.20. The van der Waals surface area contributed by atoms with E-state index in [-0.39, 0.29) is 24.4 Å². The zero-order valence-corrected chi connectivity index (χ0v) is 20.2. The quantitative estimate of drug-likeness (QED) is 0.421. The number of nitrogens with one attached hydrogen (secondary N) is 1. The van der Waals surface area contributed by atoms with Crippen molar-refractivity contribution in [2.24, 2.45) is 0 Å². The number of nitrogens with two attached hydrogens (primary N) is 1. The maximum absolute atomic E-state index is 13.9. The van der Waals surface area contributed by atoms with Crippen molar-refractivity contribution in [3.05, 3.63) is 58.0 Å². The van der Waals surface area contributed by atoms with Crippen molar-refractivity contribution >= 4 is 46.7 Å². The SMILES string of the molecule is Cc1cc([C@H](C)Nc2nccc(N3C(=O)OC[C@@H]3[C@H](C)F)n2)ncc1-c1cc(N)c(Cl)cc1Cl. The van der Waals surface area contributed by atoms with Crippen LogP contribution in [0, 0.1) is 6.92 Å². The number of carbonyl (C=O) groups is 1. The Balaban J connectivity index is 1.55. The summed E-state index contributed by atoms with van der Waals surface area (Å²) < 4.78 is 18.9. The molecule has 178 valence electrons. The molecule has 4 rings (SSSR count). The van der Waals surface area contributed by atoms with E-state index in [0.717, 1.165) is 22.4 Å². The van der Waals surface area contributed by atoms with Crippen molar-refractivity contribution in [1.29, 1.82) is 0 Å². The van der Waals surface area contributed by atoms with Gasteiger partial charge in [-0.15, -0.1) is 0 Å². The fourth-order valence-electron chi connectivity index (χ4n) is 3.73. The van der Waals surface area contributed by atoms with Crippen molar-refractivity contribution in [3.63, 3.8) is 0 Å². The van der Waals surface area contributed by atoms with Gasteiger partial charge in [0.1, 0.15) is 24.6 Å². The van der Waals surface area contributed by atoms with Gasteiger partial charge in [-0.2, -0.15) is 4.98 Å². The molecule has 1 aliphatic rings. The molecular weight excluding hydrogens is 482 g/mol. The lowest BCUT2D eigenvalue weighted by Gasteiger charge is -2.22. The number of carbonyl (C=O) groups excluding carboxylic acids is 1. The molecule has 3 atom stereocenters. The minimum absolute atomic E-state index is 0.0293. The van der Waals surface area contributed by atoms with Gasteiger partial charge in [-0.3, -0.25) is 9.88 Å². The smallest absolute Gasteiger partial charge is 0.416 e. The third-order valence-corrected chi connectivity index (χ3v) is 6.26. The number of benzene rings is 1. The van der Waals surface area contributed by atoms with Crippen LogP contribution >= 0.6 is 23.2 Å². The van der Waals surface area contributed by atoms with Crippen LogP contribution < -0.4 is 16.0 Å². The summed E-state index contributed by atoms with van der Waals surface area (Å²) in [6.07, 6.45) is 1.31. The van der Waals surface area contributed by atoms with Crippen LogP contribution in [0.1, 0.15) is 31.1 Å². The minimum atomic E-state index is -1.27. The van der Waals surface area contributed by atoms with E-state index in [1.54, 1.807) is 18.3 Å². The summed E-state index contributed by atoms with van der Waals surface area (Å²) in [4.78, 5) is 26.5. The summed E-state index contributed by atoms with van der Waals surface area (Å²) >= 11 is 12.4. The molecule has 0 saturated carbocycles. The summed E-state index contributed by atoms with van der Waals surface area (Å²) in [6, 6.07) is 5.80. The van der Waals surface area contributed by atoms with E-state index in [1.165, 1.54) is 24.1 Å². The minimum Gasteiger partial charge on any atom is -0.447 e. The number of halogens is 3. The molecule has 1 aromatic carbocycles. The first-order chi connectivity index (χ1) is 16.2. The Kier molecular flexibility index (Phi) is 6.77. The molecule has 3 N–H and O–H groups in total. The fourth-order valence-corrected chi connectivity index (χ4v) is 4.21. The largest absolute Gasteiger partial charge is 0.447 e. The van der Waals surface area contributed by atoms with E-state index in [2.05, 4.69) is 20.3 Å². The highest BCUT2D eigenvalue weighted by Gasteiger charge is 2.39. The number of amides is 1. The summed E-state index contributed by atoms with van der Waals surface area (Å²) in [5.74, 6) is 0.531. The lowest BCUT2D eigenvalue weighted by atomic mass is 10.0. The first kappa shape index (κ1) is 24.0. The normalized spacial score (nSPS) is 17.4. The Morgan fingerprint density at radius 2 is 1.97 bits per heavy atom. The van der Waals surface area contributed by atoms with E-state index in [4.69, 9.17) is 33.7 Å². The average Bonchev–Trinajstić information content (AvgIpc) is 3.18. The number of hydrogen-bond donors (Lipinski definition) is 2. The molecule has 3 heterocycles. The average molecular weight is 505 g/mol. The molecule has 3 aromatic rings. The van der Waals surface area contributed by atoms with E-state index in [1.807, 2.05) is 19.9 Å². The summed E-state index contributed by atoms with van der Waals surface area (Å²) in [5, 5.41) is 4.05. The van der Waals surface area contributed by atoms with Crippen LogP contribution in [-0.4, -0.2) is 39.9 Å². The lowest BCUT2D eigenvalue weighted by molar-refractivity contribution is 0.174. The number of ether oxygens (including phenoxy) is 1. The van der Waals surface area contributed by atoms with Crippen LogP contribution in [0.3, 0.4) is 0 Å². The van der Waals surface area contributed by atoms with E-state index in [0.29, 0.717) is 15.7 Å². The van der Waals surface area contributed by atoms with Gasteiger partial charge in [-0.1, -0.05) is 23.2 Å². The molecule has 8 nitrogen and oxygen atoms in total. The van der Waals surface area contributed by atoms with Gasteiger partial charge in [0.05, 0.1) is 27.5 Å². The number of nitrogens with zero attached hydrogens (tertiary/aromatic N) is 4. The van der Waals surface area contributed by atoms with Crippen LogP contribution in [0.15, 0.2) is 36.7 Å². The van der Waals surface area contributed by atoms with Gasteiger partial charge >= 0.3 is 6.09 Å². The van der Waals surface area contributed by atoms with E-state index < -0.39 is 18.3 Å². The summed E-state index contributed by atoms with van der Waals surface area (Å²) in [7, 11) is 0. The van der Waals surface area contributed by atoms with Crippen LogP contribution in [0.25, 0.3) is 11.1 Å². The maximum Gasteiger partial charge on any atom is 0.416 e. The maximum atomic E-state index is 13.9. The number of anilines is 3. The Bertz CT molecular complexity index is 1240. The predicted molar refractivity (Wildman–Crippen MR) is 131 cm³/mol. The van der Waals surface area contributed by atoms with Crippen molar-refractivity contribution in [1.82, 2.24) is 15.0 Å². The Hall–Kier alpha value is -3.17. The predicted octanol–water partition coefficient (Wildman–Crippen LogP) is 5.59. The highest BCUT2D eigenvalue weighted by atomic mass is 35.5. The third-order valence-electron chi connectivity index (χ3n) is 5.62. The Labute approximate surface area is 206 Å². The molecule has 11 heteroatoms. The molecule has 0 aliphatic carbocycles. The first-order valence-electron chi connectivity index (χ1n) is 10.6. The van der Waals surface area contributed by atoms with Gasteiger partial charge in [0.25, 0.3) is 0 Å². The first-order valence-corrected chi connectivity index (χ1v) is 11.3. The van der Waals surface area contributed by atoms with E-state index >= 15 is 0 Å². The van der Waals surface area contributed by atoms with Gasteiger partial charge in [-0.25, -0.2) is 14.2 Å². The van der Waals surface area contributed by atoms with Crippen LogP contribution in [0.2, 0.25) is 10.0 Å². The van der Waals surface area contributed by atoms with Gasteiger partial charge in [0.2, 0.25) is 5.95 Å². The lowest BCUT2D eigenvalue weighted by Crippen LogP contribution is -2.39. The van der Waals surface area contributed by atoms with Crippen LogP contribution in [0.4, 0.5) is 26.6 Å². The molecule has 1 saturated heterocycles. The number of hydrogen-bond acceptors (Lipinski definition) is 7. The van der Waals surface area contributed by atoms with E-state index in [9.17, 15) is 9.18 Å². The fraction of sp³-hybridized carbons (Fsp3) is 0.304. The van der Waals surface area contributed by atoms with Gasteiger partial charge in [0.15, 0.2) is 0 Å². The molecule has 0 unspecified atom stereocenters. The molecular formula is C23H23Cl2FN6O2. The Morgan fingerprint density at radius 3 is 2.68 bits per heavy atom. The number of pyridine rings is 1. The molecule has 1 amide bonds. The van der Waals surface area contributed by atoms with Gasteiger partial charge < -0.3 is 15.8 Å². The second-order valence-electron chi connectivity index (χ2n) is 8.07.